The summed E-state index contributed by atoms with van der Waals surface area (Å²) < 4.78 is 0. The van der Waals surface area contributed by atoms with Crippen molar-refractivity contribution in [2.24, 2.45) is 0 Å². The number of carbonyl (C=O) groups is 1. The first-order chi connectivity index (χ1) is 9.49. The average molecular weight is 309 g/mol. The minimum absolute atomic E-state index is 0.200. The van der Waals surface area contributed by atoms with Crippen LogP contribution in [0.3, 0.4) is 0 Å². The van der Waals surface area contributed by atoms with Gasteiger partial charge in [-0.25, -0.2) is 0 Å². The van der Waals surface area contributed by atoms with Crippen LogP contribution < -0.4 is 10.6 Å². The molecule has 0 heterocycles. The van der Waals surface area contributed by atoms with Gasteiger partial charge in [0.25, 0.3) is 5.91 Å². The molecular formula is C15H14Cl2N2O. The Bertz CT molecular complexity index is 636. The van der Waals surface area contributed by atoms with Gasteiger partial charge in [0, 0.05) is 34.0 Å². The van der Waals surface area contributed by atoms with Gasteiger partial charge in [0.1, 0.15) is 0 Å². The molecule has 0 aliphatic heterocycles. The lowest BCUT2D eigenvalue weighted by molar-refractivity contribution is 0.102. The van der Waals surface area contributed by atoms with E-state index in [-0.39, 0.29) is 5.91 Å². The summed E-state index contributed by atoms with van der Waals surface area (Å²) in [5.41, 5.74) is 3.15. The lowest BCUT2D eigenvalue weighted by Crippen LogP contribution is -2.12. The topological polar surface area (TPSA) is 41.1 Å². The van der Waals surface area contributed by atoms with E-state index in [4.69, 9.17) is 23.2 Å². The van der Waals surface area contributed by atoms with Gasteiger partial charge >= 0.3 is 0 Å². The van der Waals surface area contributed by atoms with E-state index in [1.54, 1.807) is 24.3 Å². The molecule has 2 aromatic carbocycles. The summed E-state index contributed by atoms with van der Waals surface area (Å²) in [4.78, 5) is 12.2. The molecule has 20 heavy (non-hydrogen) atoms. The predicted molar refractivity (Wildman–Crippen MR) is 85.1 cm³/mol. The molecule has 0 unspecified atom stereocenters. The van der Waals surface area contributed by atoms with Crippen LogP contribution in [0.4, 0.5) is 11.4 Å². The highest BCUT2D eigenvalue weighted by Gasteiger charge is 2.08. The fourth-order valence-electron chi connectivity index (χ4n) is 1.91. The Morgan fingerprint density at radius 1 is 1.05 bits per heavy atom. The van der Waals surface area contributed by atoms with Gasteiger partial charge in [-0.3, -0.25) is 4.79 Å². The summed E-state index contributed by atoms with van der Waals surface area (Å²) in [7, 11) is 1.84. The first-order valence-corrected chi connectivity index (χ1v) is 6.81. The molecule has 0 fully saturated rings. The number of anilines is 2. The molecule has 3 nitrogen and oxygen atoms in total. The molecule has 1 amide bonds. The van der Waals surface area contributed by atoms with Gasteiger partial charge in [0.2, 0.25) is 0 Å². The van der Waals surface area contributed by atoms with Crippen LogP contribution in [0, 0.1) is 6.92 Å². The fraction of sp³-hybridized carbons (Fsp3) is 0.133. The van der Waals surface area contributed by atoms with Gasteiger partial charge in [-0.1, -0.05) is 23.2 Å². The molecule has 0 saturated heterocycles. The molecular weight excluding hydrogens is 295 g/mol. The number of hydrogen-bond donors (Lipinski definition) is 2. The first kappa shape index (κ1) is 14.7. The second kappa shape index (κ2) is 6.16. The predicted octanol–water partition coefficient (Wildman–Crippen LogP) is 4.60. The standard InChI is InChI=1S/C15H14Cl2N2O/c1-9-5-10(3-4-14(9)18-2)15(20)19-13-7-11(16)6-12(17)8-13/h3-8,18H,1-2H3,(H,19,20). The Labute approximate surface area is 127 Å². The minimum atomic E-state index is -0.200. The number of amides is 1. The summed E-state index contributed by atoms with van der Waals surface area (Å²) in [6.07, 6.45) is 0. The van der Waals surface area contributed by atoms with Crippen LogP contribution in [-0.2, 0) is 0 Å². The van der Waals surface area contributed by atoms with Crippen LogP contribution >= 0.6 is 23.2 Å². The van der Waals surface area contributed by atoms with Crippen molar-refractivity contribution in [1.29, 1.82) is 0 Å². The Morgan fingerprint density at radius 2 is 1.70 bits per heavy atom. The molecule has 0 atom stereocenters. The maximum absolute atomic E-state index is 12.2. The van der Waals surface area contributed by atoms with Crippen LogP contribution in [0.2, 0.25) is 10.0 Å². The van der Waals surface area contributed by atoms with Crippen LogP contribution in [0.25, 0.3) is 0 Å². The molecule has 2 aromatic rings. The van der Waals surface area contributed by atoms with E-state index in [1.807, 2.05) is 26.1 Å². The van der Waals surface area contributed by atoms with Crippen LogP contribution in [0.5, 0.6) is 0 Å². The number of rotatable bonds is 3. The Balaban J connectivity index is 2.21. The Hall–Kier alpha value is -1.71. The molecule has 0 bridgehead atoms. The maximum atomic E-state index is 12.2. The van der Waals surface area contributed by atoms with E-state index < -0.39 is 0 Å². The number of carbonyl (C=O) groups excluding carboxylic acids is 1. The third kappa shape index (κ3) is 3.44. The molecule has 0 aromatic heterocycles. The number of nitrogens with one attached hydrogen (secondary N) is 2. The second-order valence-corrected chi connectivity index (χ2v) is 5.26. The summed E-state index contributed by atoms with van der Waals surface area (Å²) >= 11 is 11.8. The van der Waals surface area contributed by atoms with E-state index in [2.05, 4.69) is 10.6 Å². The Morgan fingerprint density at radius 3 is 2.25 bits per heavy atom. The van der Waals surface area contributed by atoms with Crippen molar-refractivity contribution < 1.29 is 4.79 Å². The smallest absolute Gasteiger partial charge is 0.255 e. The van der Waals surface area contributed by atoms with Gasteiger partial charge in [0.05, 0.1) is 0 Å². The summed E-state index contributed by atoms with van der Waals surface area (Å²) in [5, 5.41) is 6.80. The number of halogens is 2. The first-order valence-electron chi connectivity index (χ1n) is 6.05. The molecule has 2 rings (SSSR count). The van der Waals surface area contributed by atoms with Crippen molar-refractivity contribution in [2.75, 3.05) is 17.7 Å². The Kier molecular flexibility index (Phi) is 4.53. The van der Waals surface area contributed by atoms with Crippen molar-refractivity contribution in [3.05, 3.63) is 57.6 Å². The third-order valence-corrected chi connectivity index (χ3v) is 3.31. The third-order valence-electron chi connectivity index (χ3n) is 2.88. The highest BCUT2D eigenvalue weighted by Crippen LogP contribution is 2.23. The van der Waals surface area contributed by atoms with E-state index in [0.717, 1.165) is 11.3 Å². The van der Waals surface area contributed by atoms with Crippen LogP contribution in [-0.4, -0.2) is 13.0 Å². The highest BCUT2D eigenvalue weighted by atomic mass is 35.5. The monoisotopic (exact) mass is 308 g/mol. The second-order valence-electron chi connectivity index (χ2n) is 4.39. The van der Waals surface area contributed by atoms with E-state index in [9.17, 15) is 4.79 Å². The molecule has 0 radical (unpaired) electrons. The van der Waals surface area contributed by atoms with Gasteiger partial charge < -0.3 is 10.6 Å². The molecule has 0 spiro atoms. The molecule has 2 N–H and O–H groups in total. The fourth-order valence-corrected chi connectivity index (χ4v) is 2.44. The van der Waals surface area contributed by atoms with Gasteiger partial charge in [0.15, 0.2) is 0 Å². The van der Waals surface area contributed by atoms with E-state index in [0.29, 0.717) is 21.3 Å². The number of hydrogen-bond acceptors (Lipinski definition) is 2. The zero-order valence-electron chi connectivity index (χ0n) is 11.1. The number of benzene rings is 2. The van der Waals surface area contributed by atoms with E-state index >= 15 is 0 Å². The SMILES string of the molecule is CNc1ccc(C(=O)Nc2cc(Cl)cc(Cl)c2)cc1C. The van der Waals surface area contributed by atoms with Crippen molar-refractivity contribution >= 4 is 40.5 Å². The summed E-state index contributed by atoms with van der Waals surface area (Å²) in [6, 6.07) is 10.4. The van der Waals surface area contributed by atoms with Gasteiger partial charge in [-0.05, 0) is 48.9 Å². The lowest BCUT2D eigenvalue weighted by atomic mass is 10.1. The van der Waals surface area contributed by atoms with Crippen molar-refractivity contribution in [3.63, 3.8) is 0 Å². The molecule has 0 aliphatic rings. The largest absolute Gasteiger partial charge is 0.388 e. The van der Waals surface area contributed by atoms with Gasteiger partial charge in [-0.15, -0.1) is 0 Å². The molecule has 5 heteroatoms. The zero-order chi connectivity index (χ0) is 14.7. The van der Waals surface area contributed by atoms with Crippen molar-refractivity contribution in [2.45, 2.75) is 6.92 Å². The number of aryl methyl sites for hydroxylation is 1. The molecule has 0 aliphatic carbocycles. The normalized spacial score (nSPS) is 10.2. The molecule has 0 saturated carbocycles. The average Bonchev–Trinajstić information content (AvgIpc) is 2.37. The summed E-state index contributed by atoms with van der Waals surface area (Å²) in [5.74, 6) is -0.200. The quantitative estimate of drug-likeness (QED) is 0.870. The minimum Gasteiger partial charge on any atom is -0.388 e. The summed E-state index contributed by atoms with van der Waals surface area (Å²) in [6.45, 7) is 1.94. The zero-order valence-corrected chi connectivity index (χ0v) is 12.6. The van der Waals surface area contributed by atoms with Crippen molar-refractivity contribution in [1.82, 2.24) is 0 Å². The maximum Gasteiger partial charge on any atom is 0.255 e. The van der Waals surface area contributed by atoms with E-state index in [1.165, 1.54) is 0 Å². The van der Waals surface area contributed by atoms with Crippen molar-refractivity contribution in [3.8, 4) is 0 Å². The lowest BCUT2D eigenvalue weighted by Gasteiger charge is -2.09. The molecule has 104 valence electrons. The van der Waals surface area contributed by atoms with Gasteiger partial charge in [-0.2, -0.15) is 0 Å². The highest BCUT2D eigenvalue weighted by molar-refractivity contribution is 6.35. The van der Waals surface area contributed by atoms with Crippen LogP contribution in [0.15, 0.2) is 36.4 Å². The van der Waals surface area contributed by atoms with Crippen LogP contribution in [0.1, 0.15) is 15.9 Å².